The van der Waals surface area contributed by atoms with E-state index in [9.17, 15) is 9.59 Å². The second-order valence-corrected chi connectivity index (χ2v) is 8.19. The van der Waals surface area contributed by atoms with Crippen molar-refractivity contribution in [3.63, 3.8) is 0 Å². The SMILES string of the molecule is CC(C)CCOc1ccc(C(=O)NNC(=O)COc2ccc(Br)cc2)cc1Br. The molecule has 0 heterocycles. The van der Waals surface area contributed by atoms with E-state index < -0.39 is 11.8 Å². The first kappa shape index (κ1) is 22.2. The minimum Gasteiger partial charge on any atom is -0.492 e. The van der Waals surface area contributed by atoms with Gasteiger partial charge >= 0.3 is 0 Å². The molecule has 2 aromatic rings. The fourth-order valence-corrected chi connectivity index (χ4v) is 2.84. The molecule has 0 aliphatic rings. The Labute approximate surface area is 181 Å². The number of carbonyl (C=O) groups is 2. The van der Waals surface area contributed by atoms with Crippen molar-refractivity contribution < 1.29 is 19.1 Å². The van der Waals surface area contributed by atoms with Crippen molar-refractivity contribution in [3.05, 3.63) is 57.0 Å². The van der Waals surface area contributed by atoms with E-state index in [0.29, 0.717) is 34.1 Å². The summed E-state index contributed by atoms with van der Waals surface area (Å²) >= 11 is 6.73. The molecule has 2 N–H and O–H groups in total. The van der Waals surface area contributed by atoms with E-state index in [-0.39, 0.29) is 6.61 Å². The zero-order valence-corrected chi connectivity index (χ0v) is 18.8. The number of rotatable bonds is 8. The number of hydrogen-bond donors (Lipinski definition) is 2. The Morgan fingerprint density at radius 2 is 1.71 bits per heavy atom. The van der Waals surface area contributed by atoms with Gasteiger partial charge in [0.25, 0.3) is 11.8 Å². The number of hydrazine groups is 1. The maximum Gasteiger partial charge on any atom is 0.276 e. The molecule has 0 aliphatic heterocycles. The lowest BCUT2D eigenvalue weighted by Crippen LogP contribution is -2.43. The van der Waals surface area contributed by atoms with Crippen LogP contribution in [0.5, 0.6) is 11.5 Å². The summed E-state index contributed by atoms with van der Waals surface area (Å²) in [4.78, 5) is 24.0. The Kier molecular flexibility index (Phi) is 8.79. The van der Waals surface area contributed by atoms with Crippen LogP contribution in [0.4, 0.5) is 0 Å². The average Bonchev–Trinajstić information content (AvgIpc) is 2.66. The van der Waals surface area contributed by atoms with Crippen molar-refractivity contribution in [3.8, 4) is 11.5 Å². The van der Waals surface area contributed by atoms with Crippen LogP contribution in [0.3, 0.4) is 0 Å². The van der Waals surface area contributed by atoms with Crippen LogP contribution in [0.25, 0.3) is 0 Å². The third-order valence-corrected chi connectivity index (χ3v) is 4.79. The lowest BCUT2D eigenvalue weighted by molar-refractivity contribution is -0.123. The zero-order valence-electron chi connectivity index (χ0n) is 15.6. The van der Waals surface area contributed by atoms with Crippen LogP contribution in [-0.4, -0.2) is 25.0 Å². The van der Waals surface area contributed by atoms with E-state index >= 15 is 0 Å². The maximum atomic E-state index is 12.2. The fourth-order valence-electron chi connectivity index (χ4n) is 2.08. The van der Waals surface area contributed by atoms with Gasteiger partial charge in [-0.25, -0.2) is 0 Å². The average molecular weight is 514 g/mol. The summed E-state index contributed by atoms with van der Waals surface area (Å²) in [6.45, 7) is 4.65. The van der Waals surface area contributed by atoms with E-state index in [0.717, 1.165) is 10.9 Å². The molecular formula is C20H22Br2N2O4. The quantitative estimate of drug-likeness (QED) is 0.510. The van der Waals surface area contributed by atoms with Crippen LogP contribution >= 0.6 is 31.9 Å². The number of halogens is 2. The third kappa shape index (κ3) is 7.52. The van der Waals surface area contributed by atoms with Gasteiger partial charge in [0.05, 0.1) is 11.1 Å². The highest BCUT2D eigenvalue weighted by atomic mass is 79.9. The van der Waals surface area contributed by atoms with Crippen LogP contribution in [0.1, 0.15) is 30.6 Å². The number of hydrogen-bond acceptors (Lipinski definition) is 4. The normalized spacial score (nSPS) is 10.5. The molecule has 0 saturated heterocycles. The van der Waals surface area contributed by atoms with E-state index in [1.165, 1.54) is 0 Å². The van der Waals surface area contributed by atoms with Crippen LogP contribution in [-0.2, 0) is 4.79 Å². The van der Waals surface area contributed by atoms with Gasteiger partial charge in [0.2, 0.25) is 0 Å². The highest BCUT2D eigenvalue weighted by molar-refractivity contribution is 9.10. The molecule has 0 fully saturated rings. The van der Waals surface area contributed by atoms with Crippen molar-refractivity contribution >= 4 is 43.7 Å². The third-order valence-electron chi connectivity index (χ3n) is 3.65. The van der Waals surface area contributed by atoms with Crippen molar-refractivity contribution in [2.75, 3.05) is 13.2 Å². The van der Waals surface area contributed by atoms with Crippen molar-refractivity contribution in [2.24, 2.45) is 5.92 Å². The molecule has 150 valence electrons. The minimum absolute atomic E-state index is 0.214. The first-order valence-corrected chi connectivity index (χ1v) is 10.3. The molecular weight excluding hydrogens is 492 g/mol. The molecule has 8 heteroatoms. The van der Waals surface area contributed by atoms with Gasteiger partial charge in [0, 0.05) is 10.0 Å². The van der Waals surface area contributed by atoms with Crippen molar-refractivity contribution in [1.29, 1.82) is 0 Å². The molecule has 2 rings (SSSR count). The van der Waals surface area contributed by atoms with Crippen LogP contribution in [0, 0.1) is 5.92 Å². The molecule has 0 aliphatic carbocycles. The molecule has 0 aromatic heterocycles. The maximum absolute atomic E-state index is 12.2. The lowest BCUT2D eigenvalue weighted by atomic mass is 10.1. The summed E-state index contributed by atoms with van der Waals surface area (Å²) < 4.78 is 12.6. The molecule has 2 amide bonds. The minimum atomic E-state index is -0.469. The lowest BCUT2D eigenvalue weighted by Gasteiger charge is -2.12. The number of nitrogens with one attached hydrogen (secondary N) is 2. The van der Waals surface area contributed by atoms with E-state index in [2.05, 4.69) is 56.6 Å². The Hall–Kier alpha value is -2.06. The second kappa shape index (κ2) is 11.1. The van der Waals surface area contributed by atoms with E-state index in [1.54, 1.807) is 30.3 Å². The fraction of sp³-hybridized carbons (Fsp3) is 0.300. The summed E-state index contributed by atoms with van der Waals surface area (Å²) in [5.41, 5.74) is 5.07. The number of ether oxygens (including phenoxy) is 2. The zero-order chi connectivity index (χ0) is 20.5. The first-order chi connectivity index (χ1) is 13.3. The van der Waals surface area contributed by atoms with Crippen molar-refractivity contribution in [1.82, 2.24) is 10.9 Å². The summed E-state index contributed by atoms with van der Waals surface area (Å²) in [6, 6.07) is 12.1. The van der Waals surface area contributed by atoms with Crippen LogP contribution in [0.2, 0.25) is 0 Å². The van der Waals surface area contributed by atoms with Gasteiger partial charge in [-0.1, -0.05) is 29.8 Å². The van der Waals surface area contributed by atoms with E-state index in [4.69, 9.17) is 9.47 Å². The summed E-state index contributed by atoms with van der Waals surface area (Å²) in [6.07, 6.45) is 0.947. The standard InChI is InChI=1S/C20H22Br2N2O4/c1-13(2)9-10-27-18-8-3-14(11-17(18)22)20(26)24-23-19(25)12-28-16-6-4-15(21)5-7-16/h3-8,11,13H,9-10,12H2,1-2H3,(H,23,25)(H,24,26). The number of benzene rings is 2. The molecule has 0 spiro atoms. The molecule has 2 aromatic carbocycles. The second-order valence-electron chi connectivity index (χ2n) is 6.42. The first-order valence-electron chi connectivity index (χ1n) is 8.75. The van der Waals surface area contributed by atoms with Gasteiger partial charge in [0.1, 0.15) is 11.5 Å². The number of carbonyl (C=O) groups excluding carboxylic acids is 2. The smallest absolute Gasteiger partial charge is 0.276 e. The predicted octanol–water partition coefficient (Wildman–Crippen LogP) is 4.48. The van der Waals surface area contributed by atoms with Gasteiger partial charge in [-0.2, -0.15) is 0 Å². The highest BCUT2D eigenvalue weighted by Gasteiger charge is 2.11. The van der Waals surface area contributed by atoms with Gasteiger partial charge in [-0.05, 0) is 70.7 Å². The predicted molar refractivity (Wildman–Crippen MR) is 114 cm³/mol. The molecule has 0 saturated carbocycles. The summed E-state index contributed by atoms with van der Waals surface area (Å²) in [7, 11) is 0. The van der Waals surface area contributed by atoms with Gasteiger partial charge in [-0.15, -0.1) is 0 Å². The van der Waals surface area contributed by atoms with Gasteiger partial charge in [0.15, 0.2) is 6.61 Å². The van der Waals surface area contributed by atoms with Crippen LogP contribution < -0.4 is 20.3 Å². The van der Waals surface area contributed by atoms with E-state index in [1.807, 2.05) is 12.1 Å². The molecule has 28 heavy (non-hydrogen) atoms. The highest BCUT2D eigenvalue weighted by Crippen LogP contribution is 2.26. The Bertz CT molecular complexity index is 810. The van der Waals surface area contributed by atoms with Crippen LogP contribution in [0.15, 0.2) is 51.4 Å². The molecule has 0 unspecified atom stereocenters. The Morgan fingerprint density at radius 3 is 2.36 bits per heavy atom. The Morgan fingerprint density at radius 1 is 1.00 bits per heavy atom. The molecule has 0 bridgehead atoms. The van der Waals surface area contributed by atoms with Gasteiger partial charge < -0.3 is 9.47 Å². The summed E-state index contributed by atoms with van der Waals surface area (Å²) in [5, 5.41) is 0. The molecule has 0 radical (unpaired) electrons. The molecule has 0 atom stereocenters. The Balaban J connectivity index is 1.79. The largest absolute Gasteiger partial charge is 0.492 e. The van der Waals surface area contributed by atoms with Crippen molar-refractivity contribution in [2.45, 2.75) is 20.3 Å². The molecule has 6 nitrogen and oxygen atoms in total. The number of amides is 2. The van der Waals surface area contributed by atoms with Gasteiger partial charge in [-0.3, -0.25) is 20.4 Å². The summed E-state index contributed by atoms with van der Waals surface area (Å²) in [5.74, 6) is 0.876. The monoisotopic (exact) mass is 512 g/mol. The topological polar surface area (TPSA) is 76.7 Å².